The molecule has 92 valence electrons. The van der Waals surface area contributed by atoms with Gasteiger partial charge in [-0.2, -0.15) is 0 Å². The van der Waals surface area contributed by atoms with E-state index in [1.807, 2.05) is 12.1 Å². The van der Waals surface area contributed by atoms with Gasteiger partial charge in [0, 0.05) is 25.0 Å². The van der Waals surface area contributed by atoms with Crippen LogP contribution < -0.4 is 10.2 Å². The fourth-order valence-corrected chi connectivity index (χ4v) is 2.10. The van der Waals surface area contributed by atoms with Crippen molar-refractivity contribution in [3.63, 3.8) is 0 Å². The van der Waals surface area contributed by atoms with E-state index in [0.29, 0.717) is 5.15 Å². The van der Waals surface area contributed by atoms with Crippen molar-refractivity contribution in [2.45, 2.75) is 12.5 Å². The Morgan fingerprint density at radius 2 is 2.53 bits per heavy atom. The standard InChI is InChI=1S/C11H14ClN3O2/c1-17-11(16)14-8-3-5-15(7-8)9-2-4-13-10(12)6-9/h2,4,6,8H,3,5,7H2,1H3,(H,14,16). The van der Waals surface area contributed by atoms with Crippen LogP contribution in [0.15, 0.2) is 18.3 Å². The Balaban J connectivity index is 1.96. The molecule has 0 radical (unpaired) electrons. The van der Waals surface area contributed by atoms with E-state index in [1.54, 1.807) is 6.20 Å². The Hall–Kier alpha value is -1.49. The van der Waals surface area contributed by atoms with Gasteiger partial charge >= 0.3 is 6.09 Å². The smallest absolute Gasteiger partial charge is 0.407 e. The molecule has 0 aromatic carbocycles. The van der Waals surface area contributed by atoms with Crippen molar-refractivity contribution >= 4 is 23.4 Å². The molecule has 17 heavy (non-hydrogen) atoms. The van der Waals surface area contributed by atoms with Crippen molar-refractivity contribution in [2.24, 2.45) is 0 Å². The molecule has 5 nitrogen and oxygen atoms in total. The van der Waals surface area contributed by atoms with Gasteiger partial charge in [0.1, 0.15) is 5.15 Å². The Labute approximate surface area is 105 Å². The van der Waals surface area contributed by atoms with Gasteiger partial charge in [-0.3, -0.25) is 0 Å². The van der Waals surface area contributed by atoms with Crippen molar-refractivity contribution < 1.29 is 9.53 Å². The minimum Gasteiger partial charge on any atom is -0.453 e. The number of alkyl carbamates (subject to hydrolysis) is 1. The van der Waals surface area contributed by atoms with E-state index in [4.69, 9.17) is 11.6 Å². The minimum atomic E-state index is -0.385. The molecule has 1 fully saturated rings. The molecule has 2 rings (SSSR count). The summed E-state index contributed by atoms with van der Waals surface area (Å²) in [6.45, 7) is 1.64. The van der Waals surface area contributed by atoms with Crippen LogP contribution in [0.4, 0.5) is 10.5 Å². The van der Waals surface area contributed by atoms with Gasteiger partial charge in [0.2, 0.25) is 0 Å². The van der Waals surface area contributed by atoms with Crippen LogP contribution in [0.3, 0.4) is 0 Å². The number of carbonyl (C=O) groups is 1. The van der Waals surface area contributed by atoms with Crippen molar-refractivity contribution in [1.82, 2.24) is 10.3 Å². The molecule has 2 heterocycles. The quantitative estimate of drug-likeness (QED) is 0.817. The molecule has 0 bridgehead atoms. The molecule has 0 aliphatic carbocycles. The van der Waals surface area contributed by atoms with Gasteiger partial charge in [-0.25, -0.2) is 9.78 Å². The SMILES string of the molecule is COC(=O)NC1CCN(c2ccnc(Cl)c2)C1. The highest BCUT2D eigenvalue weighted by Crippen LogP contribution is 2.22. The number of anilines is 1. The number of aromatic nitrogens is 1. The zero-order chi connectivity index (χ0) is 12.3. The molecular formula is C11H14ClN3O2. The molecule has 1 atom stereocenters. The summed E-state index contributed by atoms with van der Waals surface area (Å²) in [5.74, 6) is 0. The first-order valence-corrected chi connectivity index (χ1v) is 5.78. The van der Waals surface area contributed by atoms with Crippen molar-refractivity contribution in [3.05, 3.63) is 23.5 Å². The second kappa shape index (κ2) is 5.23. The molecule has 1 saturated heterocycles. The number of methoxy groups -OCH3 is 1. The number of amides is 1. The number of nitrogens with zero attached hydrogens (tertiary/aromatic N) is 2. The van der Waals surface area contributed by atoms with Gasteiger partial charge in [-0.1, -0.05) is 11.6 Å². The van der Waals surface area contributed by atoms with Crippen molar-refractivity contribution in [2.75, 3.05) is 25.1 Å². The third-order valence-electron chi connectivity index (χ3n) is 2.77. The van der Waals surface area contributed by atoms with Crippen molar-refractivity contribution in [3.8, 4) is 0 Å². The number of halogens is 1. The van der Waals surface area contributed by atoms with Crippen LogP contribution >= 0.6 is 11.6 Å². The van der Waals surface area contributed by atoms with Crippen LogP contribution in [0.25, 0.3) is 0 Å². The summed E-state index contributed by atoms with van der Waals surface area (Å²) in [4.78, 5) is 17.2. The number of pyridine rings is 1. The number of hydrogen-bond donors (Lipinski definition) is 1. The highest BCUT2D eigenvalue weighted by Gasteiger charge is 2.24. The monoisotopic (exact) mass is 255 g/mol. The average molecular weight is 256 g/mol. The van der Waals surface area contributed by atoms with Crippen LogP contribution in [0.2, 0.25) is 5.15 Å². The van der Waals surface area contributed by atoms with Crippen molar-refractivity contribution in [1.29, 1.82) is 0 Å². The molecule has 6 heteroatoms. The fraction of sp³-hybridized carbons (Fsp3) is 0.455. The molecule has 1 aliphatic heterocycles. The summed E-state index contributed by atoms with van der Waals surface area (Å²) in [6, 6.07) is 3.85. The number of ether oxygens (including phenoxy) is 1. The molecule has 1 unspecified atom stereocenters. The average Bonchev–Trinajstić information content (AvgIpc) is 2.77. The van der Waals surface area contributed by atoms with Crippen LogP contribution in [-0.2, 0) is 4.74 Å². The molecule has 1 aromatic rings. The lowest BCUT2D eigenvalue weighted by Gasteiger charge is -2.18. The third kappa shape index (κ3) is 3.00. The van der Waals surface area contributed by atoms with Crippen LogP contribution in [-0.4, -0.2) is 37.3 Å². The predicted octanol–water partition coefficient (Wildman–Crippen LogP) is 1.67. The van der Waals surface area contributed by atoms with E-state index in [2.05, 4.69) is 19.9 Å². The van der Waals surface area contributed by atoms with E-state index in [1.165, 1.54) is 7.11 Å². The maximum atomic E-state index is 11.1. The summed E-state index contributed by atoms with van der Waals surface area (Å²) in [6.07, 6.45) is 2.19. The maximum absolute atomic E-state index is 11.1. The Morgan fingerprint density at radius 1 is 1.71 bits per heavy atom. The predicted molar refractivity (Wildman–Crippen MR) is 65.4 cm³/mol. The molecule has 0 spiro atoms. The topological polar surface area (TPSA) is 54.5 Å². The number of hydrogen-bond acceptors (Lipinski definition) is 4. The lowest BCUT2D eigenvalue weighted by atomic mass is 10.3. The lowest BCUT2D eigenvalue weighted by Crippen LogP contribution is -2.36. The molecule has 1 N–H and O–H groups in total. The van der Waals surface area contributed by atoms with Gasteiger partial charge < -0.3 is 15.0 Å². The Morgan fingerprint density at radius 3 is 3.24 bits per heavy atom. The minimum absolute atomic E-state index is 0.120. The second-order valence-corrected chi connectivity index (χ2v) is 4.29. The largest absolute Gasteiger partial charge is 0.453 e. The number of rotatable bonds is 2. The van der Waals surface area contributed by atoms with E-state index in [9.17, 15) is 4.79 Å². The van der Waals surface area contributed by atoms with E-state index >= 15 is 0 Å². The Bertz CT molecular complexity index is 413. The summed E-state index contributed by atoms with van der Waals surface area (Å²) >= 11 is 5.84. The van der Waals surface area contributed by atoms with Crippen LogP contribution in [0.5, 0.6) is 0 Å². The molecule has 1 aliphatic rings. The second-order valence-electron chi connectivity index (χ2n) is 3.90. The van der Waals surface area contributed by atoms with E-state index < -0.39 is 0 Å². The van der Waals surface area contributed by atoms with Crippen LogP contribution in [0.1, 0.15) is 6.42 Å². The van der Waals surface area contributed by atoms with E-state index in [-0.39, 0.29) is 12.1 Å². The summed E-state index contributed by atoms with van der Waals surface area (Å²) < 4.78 is 4.57. The highest BCUT2D eigenvalue weighted by atomic mass is 35.5. The molecular weight excluding hydrogens is 242 g/mol. The fourth-order valence-electron chi connectivity index (χ4n) is 1.93. The number of nitrogens with one attached hydrogen (secondary N) is 1. The normalized spacial score (nSPS) is 19.2. The zero-order valence-corrected chi connectivity index (χ0v) is 10.3. The Kier molecular flexibility index (Phi) is 3.68. The first-order chi connectivity index (χ1) is 8.19. The summed E-state index contributed by atoms with van der Waals surface area (Å²) in [5, 5.41) is 3.27. The van der Waals surface area contributed by atoms with Gasteiger partial charge in [0.15, 0.2) is 0 Å². The van der Waals surface area contributed by atoms with Crippen LogP contribution in [0, 0.1) is 0 Å². The first kappa shape index (κ1) is 12.0. The van der Waals surface area contributed by atoms with Gasteiger partial charge in [-0.05, 0) is 18.6 Å². The highest BCUT2D eigenvalue weighted by molar-refractivity contribution is 6.29. The zero-order valence-electron chi connectivity index (χ0n) is 9.52. The molecule has 1 amide bonds. The molecule has 1 aromatic heterocycles. The van der Waals surface area contributed by atoms with Gasteiger partial charge in [0.05, 0.1) is 13.2 Å². The van der Waals surface area contributed by atoms with E-state index in [0.717, 1.165) is 25.2 Å². The van der Waals surface area contributed by atoms with Gasteiger partial charge in [-0.15, -0.1) is 0 Å². The summed E-state index contributed by atoms with van der Waals surface area (Å²) in [7, 11) is 1.37. The molecule has 0 saturated carbocycles. The third-order valence-corrected chi connectivity index (χ3v) is 2.98. The first-order valence-electron chi connectivity index (χ1n) is 5.40. The van der Waals surface area contributed by atoms with Gasteiger partial charge in [0.25, 0.3) is 0 Å². The lowest BCUT2D eigenvalue weighted by molar-refractivity contribution is 0.167. The number of carbonyl (C=O) groups excluding carboxylic acids is 1. The maximum Gasteiger partial charge on any atom is 0.407 e. The summed E-state index contributed by atoms with van der Waals surface area (Å²) in [5.41, 5.74) is 1.03.